The highest BCUT2D eigenvalue weighted by molar-refractivity contribution is 9.10. The summed E-state index contributed by atoms with van der Waals surface area (Å²) in [6, 6.07) is 10.2. The topological polar surface area (TPSA) is 30.5 Å². The first-order valence-corrected chi connectivity index (χ1v) is 7.28. The highest BCUT2D eigenvalue weighted by atomic mass is 79.9. The van der Waals surface area contributed by atoms with Gasteiger partial charge in [-0.2, -0.15) is 0 Å². The van der Waals surface area contributed by atoms with Crippen molar-refractivity contribution in [1.29, 1.82) is 0 Å². The normalized spacial score (nSPS) is 11.9. The Morgan fingerprint density at radius 1 is 1.10 bits per heavy atom. The van der Waals surface area contributed by atoms with E-state index in [0.717, 1.165) is 22.7 Å². The molecule has 0 radical (unpaired) electrons. The molecule has 0 aliphatic carbocycles. The molecule has 0 heterocycles. The van der Waals surface area contributed by atoms with Crippen LogP contribution in [0.5, 0.6) is 11.5 Å². The second kappa shape index (κ2) is 6.80. The van der Waals surface area contributed by atoms with Crippen LogP contribution in [0.2, 0.25) is 0 Å². The monoisotopic (exact) mass is 353 g/mol. The third kappa shape index (κ3) is 3.67. The highest BCUT2D eigenvalue weighted by Gasteiger charge is 2.14. The number of hydrogen-bond acceptors (Lipinski definition) is 3. The molecule has 2 aromatic rings. The van der Waals surface area contributed by atoms with Crippen LogP contribution in [0.15, 0.2) is 40.9 Å². The molecule has 0 saturated carbocycles. The zero-order valence-corrected chi connectivity index (χ0v) is 13.7. The Morgan fingerprint density at radius 3 is 2.48 bits per heavy atom. The van der Waals surface area contributed by atoms with Gasteiger partial charge in [0.25, 0.3) is 0 Å². The van der Waals surface area contributed by atoms with Gasteiger partial charge >= 0.3 is 0 Å². The Bertz CT molecular complexity index is 634. The lowest BCUT2D eigenvalue weighted by Crippen LogP contribution is -2.09. The second-order valence-corrected chi connectivity index (χ2v) is 5.45. The molecule has 0 spiro atoms. The fourth-order valence-corrected chi connectivity index (χ4v) is 2.56. The summed E-state index contributed by atoms with van der Waals surface area (Å²) in [6.07, 6.45) is 0. The van der Waals surface area contributed by atoms with Crippen molar-refractivity contribution in [2.24, 2.45) is 0 Å². The quantitative estimate of drug-likeness (QED) is 0.838. The maximum absolute atomic E-state index is 13.1. The van der Waals surface area contributed by atoms with E-state index >= 15 is 0 Å². The summed E-state index contributed by atoms with van der Waals surface area (Å²) < 4.78 is 24.4. The first-order valence-electron chi connectivity index (χ1n) is 6.48. The van der Waals surface area contributed by atoms with Crippen LogP contribution in [0.1, 0.15) is 18.5 Å². The van der Waals surface area contributed by atoms with Crippen LogP contribution in [0.4, 0.5) is 10.1 Å². The Hall–Kier alpha value is -1.75. The van der Waals surface area contributed by atoms with Crippen LogP contribution >= 0.6 is 15.9 Å². The molecule has 1 N–H and O–H groups in total. The Kier molecular flexibility index (Phi) is 5.07. The number of methoxy groups -OCH3 is 2. The predicted molar refractivity (Wildman–Crippen MR) is 85.7 cm³/mol. The minimum absolute atomic E-state index is 0.0307. The fourth-order valence-electron chi connectivity index (χ4n) is 2.10. The van der Waals surface area contributed by atoms with Crippen molar-refractivity contribution in [3.05, 3.63) is 52.3 Å². The minimum Gasteiger partial charge on any atom is -0.497 e. The highest BCUT2D eigenvalue weighted by Crippen LogP contribution is 2.33. The molecule has 0 aliphatic heterocycles. The lowest BCUT2D eigenvalue weighted by molar-refractivity contribution is 0.397. The van der Waals surface area contributed by atoms with Crippen molar-refractivity contribution in [1.82, 2.24) is 0 Å². The smallest absolute Gasteiger partial charge is 0.124 e. The molecule has 5 heteroatoms. The third-order valence-corrected chi connectivity index (χ3v) is 3.86. The number of hydrogen-bond donors (Lipinski definition) is 1. The summed E-state index contributed by atoms with van der Waals surface area (Å²) in [6.45, 7) is 2.01. The molecule has 2 rings (SSSR count). The molecule has 112 valence electrons. The van der Waals surface area contributed by atoms with Gasteiger partial charge in [-0.05, 0) is 59.3 Å². The van der Waals surface area contributed by atoms with Crippen molar-refractivity contribution in [2.45, 2.75) is 13.0 Å². The van der Waals surface area contributed by atoms with Gasteiger partial charge in [0.1, 0.15) is 17.3 Å². The van der Waals surface area contributed by atoms with Gasteiger partial charge in [-0.1, -0.05) is 0 Å². The zero-order valence-electron chi connectivity index (χ0n) is 12.1. The second-order valence-electron chi connectivity index (χ2n) is 4.60. The largest absolute Gasteiger partial charge is 0.497 e. The Balaban J connectivity index is 2.28. The lowest BCUT2D eigenvalue weighted by atomic mass is 10.1. The molecule has 0 fully saturated rings. The predicted octanol–water partition coefficient (Wildman–Crippen LogP) is 4.78. The van der Waals surface area contributed by atoms with Gasteiger partial charge in [0.15, 0.2) is 0 Å². The standard InChI is InChI=1S/C16H17BrFNO2/c1-10(19-15-6-4-11(18)8-14(15)17)13-9-12(20-2)5-7-16(13)21-3/h4-10,19H,1-3H3. The van der Waals surface area contributed by atoms with E-state index in [-0.39, 0.29) is 11.9 Å². The molecule has 1 unspecified atom stereocenters. The molecule has 3 nitrogen and oxygen atoms in total. The van der Waals surface area contributed by atoms with Gasteiger partial charge in [-0.15, -0.1) is 0 Å². The van der Waals surface area contributed by atoms with E-state index in [0.29, 0.717) is 4.47 Å². The summed E-state index contributed by atoms with van der Waals surface area (Å²) in [5.74, 6) is 1.26. The summed E-state index contributed by atoms with van der Waals surface area (Å²) in [5, 5.41) is 3.33. The zero-order chi connectivity index (χ0) is 15.4. The van der Waals surface area contributed by atoms with Crippen molar-refractivity contribution in [2.75, 3.05) is 19.5 Å². The van der Waals surface area contributed by atoms with E-state index < -0.39 is 0 Å². The van der Waals surface area contributed by atoms with Crippen LogP contribution in [0.3, 0.4) is 0 Å². The van der Waals surface area contributed by atoms with Gasteiger partial charge < -0.3 is 14.8 Å². The summed E-state index contributed by atoms with van der Waals surface area (Å²) in [7, 11) is 3.26. The van der Waals surface area contributed by atoms with E-state index in [1.807, 2.05) is 25.1 Å². The van der Waals surface area contributed by atoms with Crippen molar-refractivity contribution < 1.29 is 13.9 Å². The molecule has 1 atom stereocenters. The minimum atomic E-state index is -0.279. The number of halogens is 2. The van der Waals surface area contributed by atoms with Crippen molar-refractivity contribution >= 4 is 21.6 Å². The van der Waals surface area contributed by atoms with Crippen molar-refractivity contribution in [3.8, 4) is 11.5 Å². The van der Waals surface area contributed by atoms with Crippen LogP contribution in [-0.2, 0) is 0 Å². The van der Waals surface area contributed by atoms with Crippen LogP contribution in [0.25, 0.3) is 0 Å². The number of rotatable bonds is 5. The lowest BCUT2D eigenvalue weighted by Gasteiger charge is -2.20. The van der Waals surface area contributed by atoms with Gasteiger partial charge in [0, 0.05) is 15.7 Å². The van der Waals surface area contributed by atoms with E-state index in [4.69, 9.17) is 9.47 Å². The van der Waals surface area contributed by atoms with Gasteiger partial charge in [-0.3, -0.25) is 0 Å². The van der Waals surface area contributed by atoms with Crippen LogP contribution in [-0.4, -0.2) is 14.2 Å². The van der Waals surface area contributed by atoms with Crippen LogP contribution in [0, 0.1) is 5.82 Å². The molecular formula is C16H17BrFNO2. The van der Waals surface area contributed by atoms with Gasteiger partial charge in [0.05, 0.1) is 20.3 Å². The number of anilines is 1. The van der Waals surface area contributed by atoms with E-state index in [2.05, 4.69) is 21.2 Å². The first kappa shape index (κ1) is 15.6. The molecule has 0 amide bonds. The molecule has 0 aliphatic rings. The summed E-state index contributed by atoms with van der Waals surface area (Å²) >= 11 is 3.35. The third-order valence-electron chi connectivity index (χ3n) is 3.21. The van der Waals surface area contributed by atoms with E-state index in [1.165, 1.54) is 12.1 Å². The SMILES string of the molecule is COc1ccc(OC)c(C(C)Nc2ccc(F)cc2Br)c1. The molecule has 0 aromatic heterocycles. The van der Waals surface area contributed by atoms with Crippen molar-refractivity contribution in [3.63, 3.8) is 0 Å². The number of benzene rings is 2. The maximum Gasteiger partial charge on any atom is 0.124 e. The van der Waals surface area contributed by atoms with Gasteiger partial charge in [0.2, 0.25) is 0 Å². The molecule has 21 heavy (non-hydrogen) atoms. The average molecular weight is 354 g/mol. The molecular weight excluding hydrogens is 337 g/mol. The van der Waals surface area contributed by atoms with E-state index in [9.17, 15) is 4.39 Å². The maximum atomic E-state index is 13.1. The number of ether oxygens (including phenoxy) is 2. The Labute approximate surface area is 132 Å². The molecule has 0 bridgehead atoms. The van der Waals surface area contributed by atoms with Gasteiger partial charge in [-0.25, -0.2) is 4.39 Å². The van der Waals surface area contributed by atoms with E-state index in [1.54, 1.807) is 20.3 Å². The number of nitrogens with one attached hydrogen (secondary N) is 1. The molecule has 0 saturated heterocycles. The Morgan fingerprint density at radius 2 is 1.86 bits per heavy atom. The first-order chi connectivity index (χ1) is 10.0. The van der Waals surface area contributed by atoms with Crippen LogP contribution < -0.4 is 14.8 Å². The summed E-state index contributed by atoms with van der Waals surface area (Å²) in [4.78, 5) is 0. The average Bonchev–Trinajstić information content (AvgIpc) is 2.49. The summed E-state index contributed by atoms with van der Waals surface area (Å²) in [5.41, 5.74) is 1.78. The fraction of sp³-hybridized carbons (Fsp3) is 0.250. The molecule has 2 aromatic carbocycles.